The second-order valence-electron chi connectivity index (χ2n) is 10.2. The second kappa shape index (κ2) is 11.3. The summed E-state index contributed by atoms with van der Waals surface area (Å²) in [6.07, 6.45) is 16.8. The van der Waals surface area contributed by atoms with Crippen LogP contribution in [0.25, 0.3) is 0 Å². The third-order valence-corrected chi connectivity index (χ3v) is 46.5. The van der Waals surface area contributed by atoms with E-state index in [1.54, 1.807) is 0 Å². The molecule has 0 aliphatic heterocycles. The minimum atomic E-state index is -3.34. The Labute approximate surface area is 243 Å². The quantitative estimate of drug-likeness (QED) is 0.176. The fraction of sp³-hybridized carbons (Fsp3) is 0.0588. The molecular weight excluding hydrogens is 572 g/mol. The van der Waals surface area contributed by atoms with Crippen LogP contribution in [0.15, 0.2) is 169 Å². The Morgan fingerprint density at radius 3 is 1.31 bits per heavy atom. The average Bonchev–Trinajstić information content (AvgIpc) is 3.72. The van der Waals surface area contributed by atoms with Crippen LogP contribution < -0.4 is 21.2 Å². The molecule has 2 aliphatic carbocycles. The van der Waals surface area contributed by atoms with Gasteiger partial charge in [-0.2, -0.15) is 0 Å². The summed E-state index contributed by atoms with van der Waals surface area (Å²) in [6.45, 7) is -5.87. The van der Waals surface area contributed by atoms with Crippen molar-refractivity contribution in [3.8, 4) is 0 Å². The predicted molar refractivity (Wildman–Crippen MR) is 185 cm³/mol. The Morgan fingerprint density at radius 1 is 0.513 bits per heavy atom. The van der Waals surface area contributed by atoms with Gasteiger partial charge >= 0.3 is 244 Å². The van der Waals surface area contributed by atoms with Gasteiger partial charge in [-0.1, -0.05) is 0 Å². The molecule has 0 nitrogen and oxygen atoms in total. The molecule has 5 heteroatoms. The van der Waals surface area contributed by atoms with E-state index >= 15 is 0 Å². The van der Waals surface area contributed by atoms with Crippen molar-refractivity contribution in [3.63, 3.8) is 0 Å². The van der Waals surface area contributed by atoms with Crippen molar-refractivity contribution in [1.82, 2.24) is 0 Å². The van der Waals surface area contributed by atoms with Gasteiger partial charge in [0.2, 0.25) is 0 Å². The van der Waals surface area contributed by atoms with Crippen molar-refractivity contribution in [2.24, 2.45) is 0 Å². The molecule has 0 amide bonds. The van der Waals surface area contributed by atoms with Gasteiger partial charge in [-0.05, 0) is 0 Å². The van der Waals surface area contributed by atoms with Crippen LogP contribution in [0, 0.1) is 0 Å². The van der Waals surface area contributed by atoms with Gasteiger partial charge in [-0.15, -0.1) is 0 Å². The molecule has 0 saturated heterocycles. The van der Waals surface area contributed by atoms with E-state index in [-0.39, 0.29) is 5.66 Å². The van der Waals surface area contributed by atoms with Crippen LogP contribution in [-0.4, -0.2) is 5.66 Å². The van der Waals surface area contributed by atoms with Crippen LogP contribution in [0.2, 0.25) is 0 Å². The van der Waals surface area contributed by atoms with Crippen LogP contribution >= 0.6 is 41.7 Å². The fourth-order valence-corrected chi connectivity index (χ4v) is 53.7. The van der Waals surface area contributed by atoms with Crippen LogP contribution in [0.4, 0.5) is 0 Å². The van der Waals surface area contributed by atoms with E-state index in [2.05, 4.69) is 164 Å². The van der Waals surface area contributed by atoms with E-state index in [4.69, 9.17) is 22.5 Å². The Bertz CT molecular complexity index is 1450. The maximum absolute atomic E-state index is 8.57. The zero-order valence-corrected chi connectivity index (χ0v) is 26.1. The summed E-state index contributed by atoms with van der Waals surface area (Å²) >= 11 is 17.1. The Balaban J connectivity index is 1.80. The number of hydrogen-bond donors (Lipinski definition) is 0. The molecule has 0 N–H and O–H groups in total. The standard InChI is InChI=1S/C34H33Cl2P3/c35-39(36,37(33-25-13-14-26-33,29-17-5-1-6-18-29)30-19-7-2-8-20-30)38(34-27-15-16-28-34,31-21-9-3-10-22-31)32-23-11-4-12-24-32/h1-27,33,37-39H,28H2. The van der Waals surface area contributed by atoms with E-state index in [0.717, 1.165) is 6.42 Å². The van der Waals surface area contributed by atoms with Crippen LogP contribution in [0.5, 0.6) is 0 Å². The zero-order valence-electron chi connectivity index (χ0n) is 21.6. The maximum atomic E-state index is 8.57. The number of hydrogen-bond acceptors (Lipinski definition) is 0. The van der Waals surface area contributed by atoms with E-state index in [1.165, 1.54) is 26.5 Å². The van der Waals surface area contributed by atoms with Crippen molar-refractivity contribution in [2.45, 2.75) is 12.1 Å². The van der Waals surface area contributed by atoms with Gasteiger partial charge in [-0.25, -0.2) is 0 Å². The van der Waals surface area contributed by atoms with Crippen LogP contribution in [0.1, 0.15) is 6.42 Å². The normalized spacial score (nSPS) is 16.8. The zero-order chi connectivity index (χ0) is 26.8. The molecule has 39 heavy (non-hydrogen) atoms. The van der Waals surface area contributed by atoms with Crippen molar-refractivity contribution < 1.29 is 0 Å². The monoisotopic (exact) mass is 604 g/mol. The first-order valence-electron chi connectivity index (χ1n) is 13.4. The number of rotatable bonds is 8. The minimum absolute atomic E-state index is 0.151. The molecule has 2 aliphatic rings. The first kappa shape index (κ1) is 26.9. The molecule has 0 radical (unpaired) electrons. The molecule has 198 valence electrons. The van der Waals surface area contributed by atoms with Gasteiger partial charge in [0.1, 0.15) is 0 Å². The molecular formula is C34H33Cl2P3. The molecule has 0 bridgehead atoms. The van der Waals surface area contributed by atoms with Crippen molar-refractivity contribution in [2.75, 3.05) is 0 Å². The predicted octanol–water partition coefficient (Wildman–Crippen LogP) is 9.01. The summed E-state index contributed by atoms with van der Waals surface area (Å²) in [7, 11) is 0. The molecule has 0 aromatic heterocycles. The third kappa shape index (κ3) is 4.25. The summed E-state index contributed by atoms with van der Waals surface area (Å²) in [5.41, 5.74) is 0.151. The van der Waals surface area contributed by atoms with Gasteiger partial charge < -0.3 is 0 Å². The van der Waals surface area contributed by atoms with Crippen LogP contribution in [0.3, 0.4) is 0 Å². The molecule has 6 rings (SSSR count). The summed E-state index contributed by atoms with van der Waals surface area (Å²) < 4.78 is 0. The molecule has 0 heterocycles. The molecule has 0 atom stereocenters. The van der Waals surface area contributed by atoms with Gasteiger partial charge in [0.15, 0.2) is 0 Å². The van der Waals surface area contributed by atoms with Crippen LogP contribution in [-0.2, 0) is 0 Å². The molecule has 0 unspecified atom stereocenters. The fourth-order valence-electron chi connectivity index (χ4n) is 6.75. The summed E-state index contributed by atoms with van der Waals surface area (Å²) in [6, 6.07) is 44.0. The van der Waals surface area contributed by atoms with E-state index in [9.17, 15) is 0 Å². The number of benzene rings is 4. The van der Waals surface area contributed by atoms with Gasteiger partial charge in [-0.3, -0.25) is 0 Å². The Kier molecular flexibility index (Phi) is 7.79. The van der Waals surface area contributed by atoms with Crippen molar-refractivity contribution >= 4 is 62.9 Å². The van der Waals surface area contributed by atoms with E-state index in [0.29, 0.717) is 0 Å². The van der Waals surface area contributed by atoms with Crippen molar-refractivity contribution in [3.05, 3.63) is 169 Å². The van der Waals surface area contributed by atoms with Gasteiger partial charge in [0.25, 0.3) is 0 Å². The topological polar surface area (TPSA) is 0 Å². The van der Waals surface area contributed by atoms with E-state index in [1.807, 2.05) is 0 Å². The van der Waals surface area contributed by atoms with Gasteiger partial charge in [0.05, 0.1) is 0 Å². The average molecular weight is 605 g/mol. The first-order chi connectivity index (χ1) is 19.1. The first-order valence-corrected chi connectivity index (χ1v) is 23.5. The molecule has 0 saturated carbocycles. The third-order valence-electron chi connectivity index (χ3n) is 8.34. The summed E-state index contributed by atoms with van der Waals surface area (Å²) in [4.78, 5) is 0. The summed E-state index contributed by atoms with van der Waals surface area (Å²) in [5.74, 6) is 0. The van der Waals surface area contributed by atoms with Gasteiger partial charge in [0, 0.05) is 0 Å². The molecule has 4 aromatic rings. The second-order valence-corrected chi connectivity index (χ2v) is 36.5. The summed E-state index contributed by atoms with van der Waals surface area (Å²) in [5, 5.41) is 3.29. The molecule has 0 spiro atoms. The number of halogens is 2. The molecule has 0 fully saturated rings. The SMILES string of the molecule is Cl[PH](Cl)([PH](C1=CC=CC1)(c1ccccc1)c1ccccc1)[PH](c1ccccc1)(c1ccccc1)C1C=CC=C1. The number of allylic oxidation sites excluding steroid dienone is 8. The van der Waals surface area contributed by atoms with Crippen molar-refractivity contribution in [1.29, 1.82) is 0 Å². The van der Waals surface area contributed by atoms with E-state index < -0.39 is 19.2 Å². The Hall–Kier alpha value is -2.29. The molecule has 4 aromatic carbocycles. The Morgan fingerprint density at radius 2 is 0.923 bits per heavy atom.